The Labute approximate surface area is 221 Å². The molecule has 4 rings (SSSR count). The zero-order chi connectivity index (χ0) is 26.2. The van der Waals surface area contributed by atoms with Gasteiger partial charge in [0.05, 0.1) is 26.0 Å². The van der Waals surface area contributed by atoms with Crippen LogP contribution in [0.3, 0.4) is 0 Å². The van der Waals surface area contributed by atoms with E-state index < -0.39 is 11.9 Å². The van der Waals surface area contributed by atoms with Crippen molar-refractivity contribution in [3.63, 3.8) is 0 Å². The number of benzene rings is 4. The SMILES string of the molecule is COc1ccc(C(=O)Oc2ccc(Br)cc2C=NNC(=O)COc2ccc3ccccc3c2)cc1OC. The van der Waals surface area contributed by atoms with E-state index in [-0.39, 0.29) is 17.9 Å². The van der Waals surface area contributed by atoms with Gasteiger partial charge in [-0.15, -0.1) is 0 Å². The van der Waals surface area contributed by atoms with Crippen LogP contribution in [-0.4, -0.2) is 38.9 Å². The molecular formula is C28H23BrN2O6. The first-order chi connectivity index (χ1) is 18.0. The van der Waals surface area contributed by atoms with Crippen LogP contribution in [0, 0.1) is 0 Å². The van der Waals surface area contributed by atoms with E-state index in [1.54, 1.807) is 36.4 Å². The minimum absolute atomic E-state index is 0.213. The summed E-state index contributed by atoms with van der Waals surface area (Å²) in [7, 11) is 3.00. The molecule has 0 bridgehead atoms. The lowest BCUT2D eigenvalue weighted by molar-refractivity contribution is -0.123. The summed E-state index contributed by atoms with van der Waals surface area (Å²) in [6.07, 6.45) is 1.38. The number of rotatable bonds is 9. The summed E-state index contributed by atoms with van der Waals surface area (Å²) >= 11 is 3.39. The maximum Gasteiger partial charge on any atom is 0.343 e. The molecule has 0 heterocycles. The fraction of sp³-hybridized carbons (Fsp3) is 0.107. The number of halogens is 1. The van der Waals surface area contributed by atoms with E-state index >= 15 is 0 Å². The fourth-order valence-corrected chi connectivity index (χ4v) is 3.83. The average Bonchev–Trinajstić information content (AvgIpc) is 2.92. The number of ether oxygens (including phenoxy) is 4. The lowest BCUT2D eigenvalue weighted by Crippen LogP contribution is -2.24. The van der Waals surface area contributed by atoms with Gasteiger partial charge in [0, 0.05) is 10.0 Å². The van der Waals surface area contributed by atoms with Crippen LogP contribution >= 0.6 is 15.9 Å². The highest BCUT2D eigenvalue weighted by Crippen LogP contribution is 2.29. The molecule has 1 N–H and O–H groups in total. The molecule has 0 atom stereocenters. The second kappa shape index (κ2) is 12.0. The van der Waals surface area contributed by atoms with Gasteiger partial charge in [-0.2, -0.15) is 5.10 Å². The fourth-order valence-electron chi connectivity index (χ4n) is 3.45. The maximum atomic E-state index is 12.7. The third-order valence-corrected chi connectivity index (χ3v) is 5.77. The normalized spacial score (nSPS) is 10.8. The Bertz CT molecular complexity index is 1470. The molecule has 0 aliphatic rings. The number of nitrogens with one attached hydrogen (secondary N) is 1. The van der Waals surface area contributed by atoms with E-state index in [0.717, 1.165) is 15.2 Å². The quantitative estimate of drug-likeness (QED) is 0.127. The standard InChI is InChI=1S/C28H23BrN2O6/c1-34-25-11-8-20(15-26(25)35-2)28(33)37-24-12-9-22(29)13-21(24)16-30-31-27(32)17-36-23-10-7-18-5-3-4-6-19(18)14-23/h3-16H,17H2,1-2H3,(H,31,32). The molecule has 37 heavy (non-hydrogen) atoms. The van der Waals surface area contributed by atoms with Crippen LogP contribution < -0.4 is 24.4 Å². The van der Waals surface area contributed by atoms with Gasteiger partial charge in [-0.1, -0.05) is 46.3 Å². The van der Waals surface area contributed by atoms with Crippen LogP contribution in [0.1, 0.15) is 15.9 Å². The van der Waals surface area contributed by atoms with Gasteiger partial charge < -0.3 is 18.9 Å². The number of hydrogen-bond donors (Lipinski definition) is 1. The van der Waals surface area contributed by atoms with Crippen molar-refractivity contribution in [3.05, 3.63) is 94.5 Å². The zero-order valence-electron chi connectivity index (χ0n) is 20.1. The van der Waals surface area contributed by atoms with Crippen molar-refractivity contribution < 1.29 is 28.5 Å². The van der Waals surface area contributed by atoms with Crippen molar-refractivity contribution in [3.8, 4) is 23.0 Å². The number of methoxy groups -OCH3 is 2. The molecule has 4 aromatic carbocycles. The second-order valence-electron chi connectivity index (χ2n) is 7.73. The summed E-state index contributed by atoms with van der Waals surface area (Å²) in [6, 6.07) is 23.3. The van der Waals surface area contributed by atoms with E-state index in [1.807, 2.05) is 36.4 Å². The highest BCUT2D eigenvalue weighted by Gasteiger charge is 2.15. The first-order valence-electron chi connectivity index (χ1n) is 11.1. The smallest absolute Gasteiger partial charge is 0.343 e. The molecule has 0 saturated carbocycles. The van der Waals surface area contributed by atoms with Crippen LogP contribution in [0.4, 0.5) is 0 Å². The Kier molecular flexibility index (Phi) is 8.37. The molecule has 0 saturated heterocycles. The number of hydrogen-bond acceptors (Lipinski definition) is 7. The lowest BCUT2D eigenvalue weighted by atomic mass is 10.1. The Morgan fingerprint density at radius 1 is 0.865 bits per heavy atom. The summed E-state index contributed by atoms with van der Waals surface area (Å²) < 4.78 is 22.3. The van der Waals surface area contributed by atoms with Gasteiger partial charge in [0.25, 0.3) is 5.91 Å². The average molecular weight is 563 g/mol. The van der Waals surface area contributed by atoms with Gasteiger partial charge in [-0.05, 0) is 59.3 Å². The minimum Gasteiger partial charge on any atom is -0.493 e. The number of esters is 1. The lowest BCUT2D eigenvalue weighted by Gasteiger charge is -2.11. The van der Waals surface area contributed by atoms with E-state index in [0.29, 0.717) is 22.8 Å². The molecule has 0 radical (unpaired) electrons. The number of fused-ring (bicyclic) bond motifs is 1. The van der Waals surface area contributed by atoms with Gasteiger partial charge in [0.2, 0.25) is 0 Å². The highest BCUT2D eigenvalue weighted by molar-refractivity contribution is 9.10. The number of nitrogens with zero attached hydrogens (tertiary/aromatic N) is 1. The Balaban J connectivity index is 1.38. The number of carbonyl (C=O) groups excluding carboxylic acids is 2. The molecule has 0 spiro atoms. The van der Waals surface area contributed by atoms with Crippen LogP contribution in [0.25, 0.3) is 10.8 Å². The molecule has 9 heteroatoms. The first kappa shape index (κ1) is 25.7. The summed E-state index contributed by atoms with van der Waals surface area (Å²) in [4.78, 5) is 25.0. The molecule has 0 fully saturated rings. The van der Waals surface area contributed by atoms with Crippen molar-refractivity contribution in [2.45, 2.75) is 0 Å². The molecule has 188 valence electrons. The molecule has 4 aromatic rings. The van der Waals surface area contributed by atoms with Gasteiger partial charge in [0.1, 0.15) is 11.5 Å². The molecule has 0 unspecified atom stereocenters. The summed E-state index contributed by atoms with van der Waals surface area (Å²) in [5.74, 6) is 0.704. The van der Waals surface area contributed by atoms with E-state index in [2.05, 4.69) is 26.5 Å². The van der Waals surface area contributed by atoms with Crippen LogP contribution in [0.2, 0.25) is 0 Å². The third kappa shape index (κ3) is 6.65. The van der Waals surface area contributed by atoms with Crippen molar-refractivity contribution >= 4 is 44.8 Å². The first-order valence-corrected chi connectivity index (χ1v) is 11.9. The topological polar surface area (TPSA) is 95.5 Å². The summed E-state index contributed by atoms with van der Waals surface area (Å²) in [5, 5.41) is 6.08. The highest BCUT2D eigenvalue weighted by atomic mass is 79.9. The van der Waals surface area contributed by atoms with Crippen molar-refractivity contribution in [2.75, 3.05) is 20.8 Å². The third-order valence-electron chi connectivity index (χ3n) is 5.28. The molecule has 0 aliphatic heterocycles. The molecule has 0 aromatic heterocycles. The van der Waals surface area contributed by atoms with Gasteiger partial charge in [0.15, 0.2) is 18.1 Å². The van der Waals surface area contributed by atoms with Crippen molar-refractivity contribution in [1.29, 1.82) is 0 Å². The van der Waals surface area contributed by atoms with Gasteiger partial charge in [-0.25, -0.2) is 10.2 Å². The minimum atomic E-state index is -0.592. The van der Waals surface area contributed by atoms with Gasteiger partial charge in [-0.3, -0.25) is 4.79 Å². The maximum absolute atomic E-state index is 12.7. The molecule has 1 amide bonds. The van der Waals surface area contributed by atoms with Crippen LogP contribution in [-0.2, 0) is 4.79 Å². The van der Waals surface area contributed by atoms with Crippen molar-refractivity contribution in [1.82, 2.24) is 5.43 Å². The zero-order valence-corrected chi connectivity index (χ0v) is 21.7. The van der Waals surface area contributed by atoms with Crippen molar-refractivity contribution in [2.24, 2.45) is 5.10 Å². The van der Waals surface area contributed by atoms with Crippen LogP contribution in [0.5, 0.6) is 23.0 Å². The largest absolute Gasteiger partial charge is 0.493 e. The number of carbonyl (C=O) groups is 2. The summed E-state index contributed by atoms with van der Waals surface area (Å²) in [5.41, 5.74) is 3.17. The van der Waals surface area contributed by atoms with E-state index in [1.165, 1.54) is 26.5 Å². The van der Waals surface area contributed by atoms with E-state index in [4.69, 9.17) is 18.9 Å². The number of hydrazone groups is 1. The Morgan fingerprint density at radius 2 is 1.62 bits per heavy atom. The second-order valence-corrected chi connectivity index (χ2v) is 8.65. The van der Waals surface area contributed by atoms with Gasteiger partial charge >= 0.3 is 5.97 Å². The molecule has 8 nitrogen and oxygen atoms in total. The Hall–Kier alpha value is -4.37. The predicted molar refractivity (Wildman–Crippen MR) is 144 cm³/mol. The number of amides is 1. The molecular weight excluding hydrogens is 540 g/mol. The Morgan fingerprint density at radius 3 is 2.41 bits per heavy atom. The van der Waals surface area contributed by atoms with E-state index in [9.17, 15) is 9.59 Å². The summed E-state index contributed by atoms with van der Waals surface area (Å²) in [6.45, 7) is -0.213. The predicted octanol–water partition coefficient (Wildman–Crippen LogP) is 5.37. The molecule has 0 aliphatic carbocycles. The monoisotopic (exact) mass is 562 g/mol. The van der Waals surface area contributed by atoms with Crippen LogP contribution in [0.15, 0.2) is 88.4 Å².